The molecule has 0 bridgehead atoms. The highest BCUT2D eigenvalue weighted by atomic mass is 19.1. The Labute approximate surface area is 120 Å². The molecule has 0 spiro atoms. The minimum Gasteiger partial charge on any atom is -0.367 e. The summed E-state index contributed by atoms with van der Waals surface area (Å²) < 4.78 is 14.8. The fraction of sp³-hybridized carbons (Fsp3) is 0.357. The summed E-state index contributed by atoms with van der Waals surface area (Å²) in [6.45, 7) is 1.61. The topological polar surface area (TPSA) is 63.1 Å². The van der Waals surface area contributed by atoms with Gasteiger partial charge in [0.1, 0.15) is 6.17 Å². The number of carbonyl (C=O) groups excluding carboxylic acids is 1. The van der Waals surface area contributed by atoms with Gasteiger partial charge in [0, 0.05) is 19.3 Å². The van der Waals surface area contributed by atoms with Crippen molar-refractivity contribution in [2.24, 2.45) is 0 Å². The standard InChI is InChI=1S/C14H14FN5O/c15-9-3-4-19(7-9)10-1-2-13(16-5-10)20-8-11-12(18-20)6-17-14(11)21/h1-2,5,8-9H,3-4,6-7H2,(H,17,21)/t9-/m0/s1. The molecule has 4 rings (SSSR count). The normalized spacial score (nSPS) is 20.7. The van der Waals surface area contributed by atoms with Crippen LogP contribution in [0.3, 0.4) is 0 Å². The van der Waals surface area contributed by atoms with Gasteiger partial charge in [0.25, 0.3) is 5.91 Å². The Bertz CT molecular complexity index is 696. The number of rotatable bonds is 2. The highest BCUT2D eigenvalue weighted by Crippen LogP contribution is 2.22. The van der Waals surface area contributed by atoms with Gasteiger partial charge in [-0.25, -0.2) is 14.1 Å². The number of aromatic nitrogens is 3. The molecule has 1 amide bonds. The van der Waals surface area contributed by atoms with E-state index in [0.717, 1.165) is 17.9 Å². The molecule has 1 N–H and O–H groups in total. The number of hydrogen-bond donors (Lipinski definition) is 1. The first-order valence-corrected chi connectivity index (χ1v) is 6.93. The molecule has 1 saturated heterocycles. The maximum Gasteiger partial charge on any atom is 0.255 e. The quantitative estimate of drug-likeness (QED) is 0.897. The smallest absolute Gasteiger partial charge is 0.255 e. The van der Waals surface area contributed by atoms with E-state index in [1.54, 1.807) is 17.1 Å². The Kier molecular flexibility index (Phi) is 2.66. The predicted molar refractivity (Wildman–Crippen MR) is 74.3 cm³/mol. The second kappa shape index (κ2) is 4.54. The van der Waals surface area contributed by atoms with Gasteiger partial charge in [0.15, 0.2) is 5.82 Å². The molecule has 0 saturated carbocycles. The minimum atomic E-state index is -0.753. The molecule has 2 aromatic rings. The lowest BCUT2D eigenvalue weighted by Crippen LogP contribution is -2.20. The van der Waals surface area contributed by atoms with E-state index >= 15 is 0 Å². The Morgan fingerprint density at radius 2 is 2.29 bits per heavy atom. The van der Waals surface area contributed by atoms with Crippen molar-refractivity contribution in [3.8, 4) is 5.82 Å². The van der Waals surface area contributed by atoms with Crippen LogP contribution in [-0.2, 0) is 6.54 Å². The number of nitrogens with zero attached hydrogens (tertiary/aromatic N) is 4. The van der Waals surface area contributed by atoms with Crippen LogP contribution in [0.25, 0.3) is 5.82 Å². The van der Waals surface area contributed by atoms with E-state index in [4.69, 9.17) is 0 Å². The lowest BCUT2D eigenvalue weighted by atomic mass is 10.3. The van der Waals surface area contributed by atoms with Crippen LogP contribution in [-0.4, -0.2) is 39.9 Å². The maximum atomic E-state index is 13.2. The zero-order chi connectivity index (χ0) is 14.4. The Hall–Kier alpha value is -2.44. The van der Waals surface area contributed by atoms with Gasteiger partial charge in [-0.1, -0.05) is 0 Å². The van der Waals surface area contributed by atoms with E-state index in [2.05, 4.69) is 15.4 Å². The van der Waals surface area contributed by atoms with Gasteiger partial charge >= 0.3 is 0 Å². The van der Waals surface area contributed by atoms with Crippen LogP contribution in [0.4, 0.5) is 10.1 Å². The number of pyridine rings is 1. The summed E-state index contributed by atoms with van der Waals surface area (Å²) in [5, 5.41) is 7.06. The molecule has 4 heterocycles. The number of alkyl halides is 1. The van der Waals surface area contributed by atoms with Gasteiger partial charge in [-0.2, -0.15) is 5.10 Å². The van der Waals surface area contributed by atoms with Crippen molar-refractivity contribution in [3.05, 3.63) is 35.8 Å². The lowest BCUT2D eigenvalue weighted by Gasteiger charge is -2.17. The number of fused-ring (bicyclic) bond motifs is 1. The molecule has 0 aromatic carbocycles. The van der Waals surface area contributed by atoms with E-state index in [1.807, 2.05) is 17.0 Å². The average Bonchev–Trinajstić information content (AvgIpc) is 3.17. The molecule has 108 valence electrons. The van der Waals surface area contributed by atoms with Gasteiger partial charge in [0.05, 0.1) is 29.7 Å². The van der Waals surface area contributed by atoms with Crippen LogP contribution in [0.5, 0.6) is 0 Å². The first kappa shape index (κ1) is 12.3. The Balaban J connectivity index is 1.59. The summed E-state index contributed by atoms with van der Waals surface area (Å²) in [6.07, 6.45) is 3.23. The second-order valence-corrected chi connectivity index (χ2v) is 5.32. The van der Waals surface area contributed by atoms with E-state index in [-0.39, 0.29) is 5.91 Å². The first-order chi connectivity index (χ1) is 10.2. The second-order valence-electron chi connectivity index (χ2n) is 5.32. The van der Waals surface area contributed by atoms with Gasteiger partial charge in [-0.15, -0.1) is 0 Å². The van der Waals surface area contributed by atoms with Crippen molar-refractivity contribution in [2.45, 2.75) is 19.1 Å². The van der Waals surface area contributed by atoms with Crippen LogP contribution in [0, 0.1) is 0 Å². The molecule has 0 unspecified atom stereocenters. The maximum absolute atomic E-state index is 13.2. The molecule has 1 atom stereocenters. The van der Waals surface area contributed by atoms with Crippen molar-refractivity contribution >= 4 is 11.6 Å². The molecule has 1 fully saturated rings. The zero-order valence-corrected chi connectivity index (χ0v) is 11.3. The van der Waals surface area contributed by atoms with Crippen LogP contribution in [0.2, 0.25) is 0 Å². The molecule has 2 aromatic heterocycles. The zero-order valence-electron chi connectivity index (χ0n) is 11.3. The third-order valence-corrected chi connectivity index (χ3v) is 3.91. The van der Waals surface area contributed by atoms with Crippen LogP contribution in [0.15, 0.2) is 24.5 Å². The SMILES string of the molecule is O=C1NCc2nn(-c3ccc(N4CC[C@H](F)C4)cn3)cc21. The number of halogens is 1. The predicted octanol–water partition coefficient (Wildman–Crippen LogP) is 1.06. The first-order valence-electron chi connectivity index (χ1n) is 6.93. The number of hydrogen-bond acceptors (Lipinski definition) is 4. The highest BCUT2D eigenvalue weighted by Gasteiger charge is 2.24. The fourth-order valence-electron chi connectivity index (χ4n) is 2.76. The van der Waals surface area contributed by atoms with Crippen molar-refractivity contribution in [1.29, 1.82) is 0 Å². The summed E-state index contributed by atoms with van der Waals surface area (Å²) in [6, 6.07) is 3.74. The van der Waals surface area contributed by atoms with Gasteiger partial charge in [-0.3, -0.25) is 4.79 Å². The molecular weight excluding hydrogens is 273 g/mol. The van der Waals surface area contributed by atoms with Gasteiger partial charge in [-0.05, 0) is 18.6 Å². The van der Waals surface area contributed by atoms with Crippen molar-refractivity contribution in [2.75, 3.05) is 18.0 Å². The fourth-order valence-corrected chi connectivity index (χ4v) is 2.76. The Morgan fingerprint density at radius 3 is 2.95 bits per heavy atom. The third-order valence-electron chi connectivity index (χ3n) is 3.91. The van der Waals surface area contributed by atoms with E-state index in [0.29, 0.717) is 30.9 Å². The number of nitrogens with one attached hydrogen (secondary N) is 1. The van der Waals surface area contributed by atoms with E-state index in [9.17, 15) is 9.18 Å². The molecule has 2 aliphatic heterocycles. The lowest BCUT2D eigenvalue weighted by molar-refractivity contribution is 0.0965. The molecule has 6 nitrogen and oxygen atoms in total. The Morgan fingerprint density at radius 1 is 1.38 bits per heavy atom. The van der Waals surface area contributed by atoms with Gasteiger partial charge in [0.2, 0.25) is 0 Å². The monoisotopic (exact) mass is 287 g/mol. The summed E-state index contributed by atoms with van der Waals surface area (Å²) in [5.74, 6) is 0.552. The van der Waals surface area contributed by atoms with Crippen LogP contribution < -0.4 is 10.2 Å². The summed E-state index contributed by atoms with van der Waals surface area (Å²) >= 11 is 0. The summed E-state index contributed by atoms with van der Waals surface area (Å²) in [4.78, 5) is 17.9. The number of amides is 1. The highest BCUT2D eigenvalue weighted by molar-refractivity contribution is 5.97. The van der Waals surface area contributed by atoms with E-state index in [1.165, 1.54) is 0 Å². The summed E-state index contributed by atoms with van der Waals surface area (Å²) in [5.41, 5.74) is 2.25. The van der Waals surface area contributed by atoms with Crippen molar-refractivity contribution in [3.63, 3.8) is 0 Å². The molecule has 7 heteroatoms. The average molecular weight is 287 g/mol. The molecule has 0 aliphatic carbocycles. The molecular formula is C14H14FN5O. The van der Waals surface area contributed by atoms with Crippen LogP contribution in [0.1, 0.15) is 22.5 Å². The number of anilines is 1. The van der Waals surface area contributed by atoms with Crippen molar-refractivity contribution in [1.82, 2.24) is 20.1 Å². The molecule has 0 radical (unpaired) electrons. The van der Waals surface area contributed by atoms with Gasteiger partial charge < -0.3 is 10.2 Å². The number of carbonyl (C=O) groups is 1. The third kappa shape index (κ3) is 2.05. The molecule has 21 heavy (non-hydrogen) atoms. The van der Waals surface area contributed by atoms with E-state index < -0.39 is 6.17 Å². The molecule has 2 aliphatic rings. The summed E-state index contributed by atoms with van der Waals surface area (Å²) in [7, 11) is 0. The minimum absolute atomic E-state index is 0.0982. The largest absolute Gasteiger partial charge is 0.367 e. The van der Waals surface area contributed by atoms with Crippen LogP contribution >= 0.6 is 0 Å². The van der Waals surface area contributed by atoms with Crippen molar-refractivity contribution < 1.29 is 9.18 Å².